The zero-order valence-corrected chi connectivity index (χ0v) is 17.2. The predicted octanol–water partition coefficient (Wildman–Crippen LogP) is 5.19. The molecule has 0 amide bonds. The van der Waals surface area contributed by atoms with Crippen molar-refractivity contribution in [1.82, 2.24) is 0 Å². The van der Waals surface area contributed by atoms with Crippen molar-refractivity contribution in [2.24, 2.45) is 0 Å². The predicted molar refractivity (Wildman–Crippen MR) is 102 cm³/mol. The summed E-state index contributed by atoms with van der Waals surface area (Å²) in [6.45, 7) is 8.16. The molecule has 0 aliphatic rings. The molecule has 0 aromatic heterocycles. The summed E-state index contributed by atoms with van der Waals surface area (Å²) in [6.07, 6.45) is -8.21. The molecule has 0 saturated carbocycles. The molecule has 1 aromatic rings. The van der Waals surface area contributed by atoms with E-state index >= 15 is 0 Å². The van der Waals surface area contributed by atoms with Crippen LogP contribution in [0.4, 0.5) is 32.0 Å². The average Bonchev–Trinajstić information content (AvgIpc) is 2.60. The van der Waals surface area contributed by atoms with Gasteiger partial charge >= 0.3 is 12.4 Å². The second-order valence-electron chi connectivity index (χ2n) is 6.44. The van der Waals surface area contributed by atoms with Gasteiger partial charge in [-0.25, -0.2) is 8.42 Å². The molecule has 30 heavy (non-hydrogen) atoms. The van der Waals surface area contributed by atoms with E-state index in [-0.39, 0.29) is 17.1 Å². The van der Waals surface area contributed by atoms with E-state index in [0.717, 1.165) is 28.1 Å². The molecule has 0 spiro atoms. The molecule has 1 aromatic carbocycles. The highest BCUT2D eigenvalue weighted by atomic mass is 32.2. The molecule has 1 N–H and O–H groups in total. The molecule has 0 bridgehead atoms. The maximum atomic E-state index is 13.0. The molecule has 11 heteroatoms. The number of alkyl halides is 6. The van der Waals surface area contributed by atoms with E-state index in [9.17, 15) is 39.9 Å². The van der Waals surface area contributed by atoms with Gasteiger partial charge in [-0.1, -0.05) is 30.4 Å². The van der Waals surface area contributed by atoms with Gasteiger partial charge in [0, 0.05) is 12.1 Å². The largest absolute Gasteiger partial charge is 0.430 e. The summed E-state index contributed by atoms with van der Waals surface area (Å²) in [7, 11) is -4.19. The van der Waals surface area contributed by atoms with Gasteiger partial charge in [-0.15, -0.1) is 0 Å². The Kier molecular flexibility index (Phi) is 7.60. The Morgan fingerprint density at radius 1 is 1.03 bits per heavy atom. The molecule has 0 saturated heterocycles. The lowest BCUT2D eigenvalue weighted by molar-refractivity contribution is -0.376. The number of hydrogen-bond donors (Lipinski definition) is 1. The van der Waals surface area contributed by atoms with Crippen molar-refractivity contribution in [3.63, 3.8) is 0 Å². The summed E-state index contributed by atoms with van der Waals surface area (Å²) in [5, 5.41) is 9.44. The van der Waals surface area contributed by atoms with Gasteiger partial charge in [-0.2, -0.15) is 26.3 Å². The number of rotatable bonds is 7. The SMILES string of the molecule is C=C/C(=C\C=C(C)C)S(=O)(=O)N(CC)c1ccc(C(O)(C(F)(F)F)C(F)(F)F)cc1. The average molecular weight is 457 g/mol. The summed E-state index contributed by atoms with van der Waals surface area (Å²) < 4.78 is 105. The zero-order chi connectivity index (χ0) is 23.5. The minimum absolute atomic E-state index is 0.162. The molecular formula is C19H21F6NO3S. The number of allylic oxidation sites excluding steroid dienone is 4. The quantitative estimate of drug-likeness (QED) is 0.453. The monoisotopic (exact) mass is 457 g/mol. The minimum Gasteiger partial charge on any atom is -0.369 e. The van der Waals surface area contributed by atoms with E-state index < -0.39 is 33.5 Å². The molecule has 0 unspecified atom stereocenters. The smallest absolute Gasteiger partial charge is 0.369 e. The minimum atomic E-state index is -6.04. The third-order valence-corrected chi connectivity index (χ3v) is 6.00. The van der Waals surface area contributed by atoms with Crippen LogP contribution < -0.4 is 4.31 Å². The van der Waals surface area contributed by atoms with Crippen LogP contribution in [0.2, 0.25) is 0 Å². The van der Waals surface area contributed by atoms with E-state index in [4.69, 9.17) is 0 Å². The van der Waals surface area contributed by atoms with Crippen LogP contribution in [-0.2, 0) is 15.6 Å². The third-order valence-electron chi connectivity index (χ3n) is 4.05. The van der Waals surface area contributed by atoms with E-state index in [2.05, 4.69) is 6.58 Å². The molecule has 0 radical (unpaired) electrons. The van der Waals surface area contributed by atoms with Crippen molar-refractivity contribution in [2.45, 2.75) is 38.7 Å². The molecule has 0 atom stereocenters. The molecule has 0 aliphatic carbocycles. The Morgan fingerprint density at radius 2 is 1.50 bits per heavy atom. The fourth-order valence-electron chi connectivity index (χ4n) is 2.48. The van der Waals surface area contributed by atoms with Crippen LogP contribution in [0.3, 0.4) is 0 Å². The van der Waals surface area contributed by atoms with Crippen LogP contribution in [0.1, 0.15) is 26.3 Å². The maximum Gasteiger partial charge on any atom is 0.430 e. The van der Waals surface area contributed by atoms with Gasteiger partial charge in [0.2, 0.25) is 0 Å². The summed E-state index contributed by atoms with van der Waals surface area (Å²) in [4.78, 5) is -0.211. The lowest BCUT2D eigenvalue weighted by atomic mass is 9.92. The molecule has 0 aliphatic heterocycles. The topological polar surface area (TPSA) is 57.6 Å². The Morgan fingerprint density at radius 3 is 1.83 bits per heavy atom. The van der Waals surface area contributed by atoms with E-state index in [1.54, 1.807) is 13.8 Å². The summed E-state index contributed by atoms with van der Waals surface area (Å²) in [5.41, 5.74) is -5.97. The highest BCUT2D eigenvalue weighted by molar-refractivity contribution is 7.96. The second-order valence-corrected chi connectivity index (χ2v) is 8.30. The fraction of sp³-hybridized carbons (Fsp3) is 0.368. The summed E-state index contributed by atoms with van der Waals surface area (Å²) >= 11 is 0. The normalized spacial score (nSPS) is 13.7. The van der Waals surface area contributed by atoms with Crippen molar-refractivity contribution >= 4 is 15.7 Å². The molecule has 4 nitrogen and oxygen atoms in total. The number of sulfonamides is 1. The van der Waals surface area contributed by atoms with Crippen LogP contribution in [0.15, 0.2) is 59.6 Å². The van der Waals surface area contributed by atoms with Gasteiger partial charge in [-0.05, 0) is 45.1 Å². The van der Waals surface area contributed by atoms with Gasteiger partial charge in [0.05, 0.1) is 10.6 Å². The van der Waals surface area contributed by atoms with E-state index in [1.165, 1.54) is 19.1 Å². The standard InChI is InChI=1S/C19H21F6NO3S/c1-5-16(12-7-13(3)4)30(28,29)26(6-2)15-10-8-14(9-11-15)17(27,18(20,21)22)19(23,24)25/h5,7-12,27H,1,6H2,2-4H3/b16-12+. The maximum absolute atomic E-state index is 13.0. The van der Waals surface area contributed by atoms with Gasteiger partial charge in [-0.3, -0.25) is 4.31 Å². The number of nitrogens with zero attached hydrogens (tertiary/aromatic N) is 1. The Bertz CT molecular complexity index is 911. The van der Waals surface area contributed by atoms with E-state index in [1.807, 2.05) is 0 Å². The molecule has 0 fully saturated rings. The molecule has 0 heterocycles. The van der Waals surface area contributed by atoms with Crippen LogP contribution in [-0.4, -0.2) is 32.4 Å². The summed E-state index contributed by atoms with van der Waals surface area (Å²) in [6, 6.07) is 2.31. The van der Waals surface area contributed by atoms with Crippen molar-refractivity contribution < 1.29 is 39.9 Å². The number of benzene rings is 1. The Labute approximate surface area is 170 Å². The number of anilines is 1. The first-order valence-electron chi connectivity index (χ1n) is 8.50. The van der Waals surface area contributed by atoms with Crippen molar-refractivity contribution in [3.8, 4) is 0 Å². The van der Waals surface area contributed by atoms with E-state index in [0.29, 0.717) is 12.1 Å². The summed E-state index contributed by atoms with van der Waals surface area (Å²) in [5.74, 6) is 0. The first-order valence-corrected chi connectivity index (χ1v) is 9.94. The van der Waals surface area contributed by atoms with Crippen molar-refractivity contribution in [1.29, 1.82) is 0 Å². The number of aliphatic hydroxyl groups is 1. The number of hydrogen-bond acceptors (Lipinski definition) is 3. The van der Waals surface area contributed by atoms with Crippen molar-refractivity contribution in [3.05, 3.63) is 65.1 Å². The highest BCUT2D eigenvalue weighted by Gasteiger charge is 2.71. The third kappa shape index (κ3) is 4.89. The highest BCUT2D eigenvalue weighted by Crippen LogP contribution is 2.50. The van der Waals surface area contributed by atoms with Crippen LogP contribution in [0, 0.1) is 0 Å². The number of halogens is 6. The first kappa shape index (κ1) is 25.8. The zero-order valence-electron chi connectivity index (χ0n) is 16.3. The molecule has 168 valence electrons. The van der Waals surface area contributed by atoms with Crippen LogP contribution in [0.5, 0.6) is 0 Å². The first-order chi connectivity index (χ1) is 13.5. The lowest BCUT2D eigenvalue weighted by Crippen LogP contribution is -2.53. The second kappa shape index (κ2) is 8.84. The van der Waals surface area contributed by atoms with Crippen LogP contribution >= 0.6 is 0 Å². The lowest BCUT2D eigenvalue weighted by Gasteiger charge is -2.33. The molecule has 1 rings (SSSR count). The van der Waals surface area contributed by atoms with Gasteiger partial charge in [0.25, 0.3) is 15.6 Å². The molecular weight excluding hydrogens is 436 g/mol. The van der Waals surface area contributed by atoms with Crippen LogP contribution in [0.25, 0.3) is 0 Å². The Hall–Kier alpha value is -2.27. The van der Waals surface area contributed by atoms with Gasteiger partial charge in [0.1, 0.15) is 0 Å². The fourth-order valence-corrected chi connectivity index (χ4v) is 3.93. The Balaban J connectivity index is 3.52. The van der Waals surface area contributed by atoms with Gasteiger partial charge < -0.3 is 5.11 Å². The van der Waals surface area contributed by atoms with Gasteiger partial charge in [0.15, 0.2) is 0 Å². The van der Waals surface area contributed by atoms with Crippen molar-refractivity contribution in [2.75, 3.05) is 10.8 Å².